The van der Waals surface area contributed by atoms with Gasteiger partial charge >= 0.3 is 6.18 Å². The lowest BCUT2D eigenvalue weighted by atomic mass is 9.98. The van der Waals surface area contributed by atoms with Crippen molar-refractivity contribution in [1.82, 2.24) is 4.90 Å². The first-order valence-corrected chi connectivity index (χ1v) is 7.37. The van der Waals surface area contributed by atoms with Crippen molar-refractivity contribution in [3.8, 4) is 0 Å². The fourth-order valence-corrected chi connectivity index (χ4v) is 3.34. The van der Waals surface area contributed by atoms with Gasteiger partial charge in [0.15, 0.2) is 0 Å². The van der Waals surface area contributed by atoms with E-state index in [0.717, 1.165) is 30.7 Å². The summed E-state index contributed by atoms with van der Waals surface area (Å²) in [5.41, 5.74) is 5.46. The average molecular weight is 290 g/mol. The monoisotopic (exact) mass is 290 g/mol. The number of rotatable bonds is 3. The predicted octanol–water partition coefficient (Wildman–Crippen LogP) is 2.75. The molecule has 0 radical (unpaired) electrons. The highest BCUT2D eigenvalue weighted by Gasteiger charge is 2.36. The molecule has 1 aromatic carbocycles. The van der Waals surface area contributed by atoms with Crippen LogP contribution in [0, 0.1) is 0 Å². The van der Waals surface area contributed by atoms with E-state index in [2.05, 4.69) is 4.90 Å². The number of alkyl halides is 3. The molecule has 1 unspecified atom stereocenters. The summed E-state index contributed by atoms with van der Waals surface area (Å²) < 4.78 is 39.1. The second kappa shape index (κ2) is 6.15. The summed E-state index contributed by atoms with van der Waals surface area (Å²) in [5.74, 6) is 1.90. The van der Waals surface area contributed by atoms with Crippen molar-refractivity contribution in [2.45, 2.75) is 12.2 Å². The highest BCUT2D eigenvalue weighted by molar-refractivity contribution is 7.99. The summed E-state index contributed by atoms with van der Waals surface area (Å²) >= 11 is 1.83. The molecule has 19 heavy (non-hydrogen) atoms. The zero-order valence-corrected chi connectivity index (χ0v) is 11.3. The van der Waals surface area contributed by atoms with Crippen LogP contribution in [0.3, 0.4) is 0 Å². The zero-order chi connectivity index (χ0) is 13.9. The fraction of sp³-hybridized carbons (Fsp3) is 0.538. The van der Waals surface area contributed by atoms with Crippen LogP contribution in [0.1, 0.15) is 17.2 Å². The van der Waals surface area contributed by atoms with Crippen LogP contribution in [0.5, 0.6) is 0 Å². The Morgan fingerprint density at radius 3 is 2.42 bits per heavy atom. The average Bonchev–Trinajstić information content (AvgIpc) is 2.40. The van der Waals surface area contributed by atoms with Crippen LogP contribution in [-0.4, -0.2) is 36.0 Å². The van der Waals surface area contributed by atoms with Crippen molar-refractivity contribution in [3.63, 3.8) is 0 Å². The zero-order valence-electron chi connectivity index (χ0n) is 10.5. The van der Waals surface area contributed by atoms with Gasteiger partial charge in [0, 0.05) is 37.2 Å². The van der Waals surface area contributed by atoms with Crippen LogP contribution in [0.4, 0.5) is 13.2 Å². The number of nitrogens with two attached hydrogens (primary N) is 1. The van der Waals surface area contributed by atoms with E-state index in [9.17, 15) is 13.2 Å². The molecule has 1 aliphatic rings. The summed E-state index contributed by atoms with van der Waals surface area (Å²) in [6.07, 6.45) is -4.32. The molecule has 0 saturated carbocycles. The molecule has 2 rings (SSSR count). The SMILES string of the molecule is NCC(c1ccccc1C(F)(F)F)N1CCSCC1. The summed E-state index contributed by atoms with van der Waals surface area (Å²) in [6.45, 7) is 1.79. The Morgan fingerprint density at radius 1 is 1.21 bits per heavy atom. The first kappa shape index (κ1) is 14.7. The highest BCUT2D eigenvalue weighted by Crippen LogP contribution is 2.36. The van der Waals surface area contributed by atoms with Gasteiger partial charge in [-0.1, -0.05) is 18.2 Å². The van der Waals surface area contributed by atoms with Gasteiger partial charge in [-0.2, -0.15) is 24.9 Å². The van der Waals surface area contributed by atoms with Crippen molar-refractivity contribution in [1.29, 1.82) is 0 Å². The van der Waals surface area contributed by atoms with Gasteiger partial charge in [-0.25, -0.2) is 0 Å². The molecule has 0 aliphatic carbocycles. The molecule has 6 heteroatoms. The second-order valence-electron chi connectivity index (χ2n) is 4.48. The molecular weight excluding hydrogens is 273 g/mol. The minimum Gasteiger partial charge on any atom is -0.329 e. The van der Waals surface area contributed by atoms with E-state index in [-0.39, 0.29) is 12.6 Å². The van der Waals surface area contributed by atoms with Gasteiger partial charge in [0.1, 0.15) is 0 Å². The molecule has 106 valence electrons. The lowest BCUT2D eigenvalue weighted by Crippen LogP contribution is -2.40. The number of hydrogen-bond acceptors (Lipinski definition) is 3. The fourth-order valence-electron chi connectivity index (χ4n) is 2.41. The highest BCUT2D eigenvalue weighted by atomic mass is 32.2. The van der Waals surface area contributed by atoms with Gasteiger partial charge in [0.05, 0.1) is 5.56 Å². The third-order valence-electron chi connectivity index (χ3n) is 3.33. The Hall–Kier alpha value is -0.720. The maximum atomic E-state index is 13.0. The minimum absolute atomic E-state index is 0.206. The van der Waals surface area contributed by atoms with Crippen LogP contribution < -0.4 is 5.73 Å². The first-order chi connectivity index (χ1) is 9.04. The molecule has 1 saturated heterocycles. The Morgan fingerprint density at radius 2 is 1.84 bits per heavy atom. The molecule has 1 atom stereocenters. The molecule has 2 N–H and O–H groups in total. The van der Waals surface area contributed by atoms with E-state index in [4.69, 9.17) is 5.73 Å². The normalized spacial score (nSPS) is 19.4. The topological polar surface area (TPSA) is 29.3 Å². The Balaban J connectivity index is 2.32. The smallest absolute Gasteiger partial charge is 0.329 e. The first-order valence-electron chi connectivity index (χ1n) is 6.22. The Labute approximate surface area is 115 Å². The second-order valence-corrected chi connectivity index (χ2v) is 5.71. The third-order valence-corrected chi connectivity index (χ3v) is 4.28. The Bertz CT molecular complexity index is 417. The minimum atomic E-state index is -4.32. The molecule has 0 spiro atoms. The number of halogens is 3. The summed E-state index contributed by atoms with van der Waals surface area (Å²) in [7, 11) is 0. The van der Waals surface area contributed by atoms with Crippen molar-refractivity contribution < 1.29 is 13.2 Å². The van der Waals surface area contributed by atoms with E-state index in [1.807, 2.05) is 11.8 Å². The predicted molar refractivity (Wildman–Crippen MR) is 72.1 cm³/mol. The quantitative estimate of drug-likeness (QED) is 0.928. The molecule has 1 heterocycles. The van der Waals surface area contributed by atoms with E-state index >= 15 is 0 Å². The van der Waals surface area contributed by atoms with Gasteiger partial charge in [-0.05, 0) is 11.6 Å². The van der Waals surface area contributed by atoms with E-state index in [1.54, 1.807) is 12.1 Å². The van der Waals surface area contributed by atoms with Crippen LogP contribution in [0.2, 0.25) is 0 Å². The molecule has 0 bridgehead atoms. The van der Waals surface area contributed by atoms with Crippen LogP contribution in [-0.2, 0) is 6.18 Å². The standard InChI is InChI=1S/C13H17F3N2S/c14-13(15,16)11-4-2-1-3-10(11)12(9-17)18-5-7-19-8-6-18/h1-4,12H,5-9,17H2. The third kappa shape index (κ3) is 3.43. The molecule has 1 fully saturated rings. The number of thioether (sulfide) groups is 1. The van der Waals surface area contributed by atoms with Gasteiger partial charge in [-0.15, -0.1) is 0 Å². The van der Waals surface area contributed by atoms with E-state index < -0.39 is 11.7 Å². The molecule has 0 amide bonds. The van der Waals surface area contributed by atoms with Crippen LogP contribution in [0.15, 0.2) is 24.3 Å². The van der Waals surface area contributed by atoms with Crippen molar-refractivity contribution >= 4 is 11.8 Å². The summed E-state index contributed by atoms with van der Waals surface area (Å²) in [5, 5.41) is 0. The number of hydrogen-bond donors (Lipinski definition) is 1. The van der Waals surface area contributed by atoms with Crippen LogP contribution >= 0.6 is 11.8 Å². The van der Waals surface area contributed by atoms with Crippen molar-refractivity contribution in [2.75, 3.05) is 31.1 Å². The Kier molecular flexibility index (Phi) is 4.76. The maximum absolute atomic E-state index is 13.0. The van der Waals surface area contributed by atoms with Crippen molar-refractivity contribution in [3.05, 3.63) is 35.4 Å². The summed E-state index contributed by atoms with van der Waals surface area (Å²) in [4.78, 5) is 2.06. The van der Waals surface area contributed by atoms with Gasteiger partial charge in [0.2, 0.25) is 0 Å². The molecule has 0 aromatic heterocycles. The van der Waals surface area contributed by atoms with Crippen LogP contribution in [0.25, 0.3) is 0 Å². The van der Waals surface area contributed by atoms with E-state index in [1.165, 1.54) is 6.07 Å². The maximum Gasteiger partial charge on any atom is 0.416 e. The number of nitrogens with zero attached hydrogens (tertiary/aromatic N) is 1. The lowest BCUT2D eigenvalue weighted by Gasteiger charge is -2.35. The lowest BCUT2D eigenvalue weighted by molar-refractivity contribution is -0.138. The molecular formula is C13H17F3N2S. The number of benzene rings is 1. The largest absolute Gasteiger partial charge is 0.416 e. The molecule has 1 aliphatic heterocycles. The molecule has 1 aromatic rings. The summed E-state index contributed by atoms with van der Waals surface area (Å²) in [6, 6.07) is 5.40. The van der Waals surface area contributed by atoms with Gasteiger partial charge in [-0.3, -0.25) is 4.90 Å². The van der Waals surface area contributed by atoms with Gasteiger partial charge in [0.25, 0.3) is 0 Å². The van der Waals surface area contributed by atoms with Gasteiger partial charge < -0.3 is 5.73 Å². The van der Waals surface area contributed by atoms with E-state index in [0.29, 0.717) is 5.56 Å². The molecule has 2 nitrogen and oxygen atoms in total. The van der Waals surface area contributed by atoms with Crippen molar-refractivity contribution in [2.24, 2.45) is 5.73 Å².